The molecule has 0 atom stereocenters. The van der Waals surface area contributed by atoms with Gasteiger partial charge in [0.1, 0.15) is 0 Å². The summed E-state index contributed by atoms with van der Waals surface area (Å²) in [6.07, 6.45) is 0. The van der Waals surface area contributed by atoms with Crippen molar-refractivity contribution in [3.63, 3.8) is 0 Å². The van der Waals surface area contributed by atoms with Crippen molar-refractivity contribution in [3.8, 4) is 0 Å². The number of allylic oxidation sites excluding steroid dienone is 1. The van der Waals surface area contributed by atoms with Gasteiger partial charge in [0.05, 0.1) is 4.91 Å². The molecular formula is C15H21NO2S. The van der Waals surface area contributed by atoms with Gasteiger partial charge in [-0.15, -0.1) is 0 Å². The fourth-order valence-corrected chi connectivity index (χ4v) is 2.38. The molecule has 1 heterocycles. The van der Waals surface area contributed by atoms with Crippen molar-refractivity contribution >= 4 is 28.5 Å². The third-order valence-corrected chi connectivity index (χ3v) is 3.64. The third-order valence-electron chi connectivity index (χ3n) is 2.51. The summed E-state index contributed by atoms with van der Waals surface area (Å²) >= 11 is 1.00. The van der Waals surface area contributed by atoms with Gasteiger partial charge in [0.25, 0.3) is 11.1 Å². The van der Waals surface area contributed by atoms with Crippen LogP contribution in [-0.4, -0.2) is 23.1 Å². The van der Waals surface area contributed by atoms with E-state index in [1.165, 1.54) is 7.05 Å². The lowest BCUT2D eigenvalue weighted by Crippen LogP contribution is -2.22. The Hall–Kier alpha value is -1.55. The maximum atomic E-state index is 11.8. The first-order chi connectivity index (χ1) is 8.61. The lowest BCUT2D eigenvalue weighted by molar-refractivity contribution is -0.121. The Morgan fingerprint density at radius 1 is 1.11 bits per heavy atom. The fraction of sp³-hybridized carbons (Fsp3) is 0.333. The van der Waals surface area contributed by atoms with E-state index in [4.69, 9.17) is 0 Å². The number of imide groups is 1. The van der Waals surface area contributed by atoms with Crippen molar-refractivity contribution in [1.82, 2.24) is 4.90 Å². The van der Waals surface area contributed by atoms with Crippen LogP contribution in [0.15, 0.2) is 35.2 Å². The minimum atomic E-state index is -0.213. The predicted octanol–water partition coefficient (Wildman–Crippen LogP) is 4.41. The molecule has 19 heavy (non-hydrogen) atoms. The number of thioether (sulfide) groups is 1. The molecule has 4 heteroatoms. The number of rotatable bonds is 1. The average Bonchev–Trinajstić information content (AvgIpc) is 2.69. The highest BCUT2D eigenvalue weighted by Crippen LogP contribution is 2.35. The number of nitrogens with zero attached hydrogens (tertiary/aromatic N) is 1. The minimum Gasteiger partial charge on any atom is -0.272 e. The summed E-state index contributed by atoms with van der Waals surface area (Å²) in [5.41, 5.74) is 1.83. The van der Waals surface area contributed by atoms with Crippen molar-refractivity contribution < 1.29 is 9.59 Å². The number of carbonyl (C=O) groups excluding carboxylic acids is 2. The predicted molar refractivity (Wildman–Crippen MR) is 82.9 cm³/mol. The van der Waals surface area contributed by atoms with E-state index in [9.17, 15) is 9.59 Å². The Labute approximate surface area is 119 Å². The largest absolute Gasteiger partial charge is 0.293 e. The van der Waals surface area contributed by atoms with Gasteiger partial charge in [-0.05, 0) is 29.8 Å². The van der Waals surface area contributed by atoms with Crippen molar-refractivity contribution in [2.24, 2.45) is 0 Å². The molecule has 1 aromatic rings. The first-order valence-corrected chi connectivity index (χ1v) is 6.69. The van der Waals surface area contributed by atoms with Crippen LogP contribution in [0.5, 0.6) is 0 Å². The molecule has 104 valence electrons. The number of hydrogen-bond acceptors (Lipinski definition) is 3. The van der Waals surface area contributed by atoms with E-state index in [0.29, 0.717) is 4.91 Å². The van der Waals surface area contributed by atoms with E-state index < -0.39 is 0 Å². The molecule has 0 saturated carbocycles. The molecule has 1 aromatic carbocycles. The normalized spacial score (nSPS) is 16.5. The van der Waals surface area contributed by atoms with Crippen LogP contribution in [0.25, 0.3) is 5.57 Å². The summed E-state index contributed by atoms with van der Waals surface area (Å²) in [5.74, 6) is -0.212. The summed E-state index contributed by atoms with van der Waals surface area (Å²) in [5, 5.41) is -0.213. The Morgan fingerprint density at radius 2 is 1.63 bits per heavy atom. The second-order valence-corrected chi connectivity index (χ2v) is 4.51. The summed E-state index contributed by atoms with van der Waals surface area (Å²) < 4.78 is 0. The van der Waals surface area contributed by atoms with Crippen LogP contribution in [0.3, 0.4) is 0 Å². The Kier molecular flexibility index (Phi) is 7.16. The molecule has 1 fully saturated rings. The minimum absolute atomic E-state index is 0. The van der Waals surface area contributed by atoms with Crippen molar-refractivity contribution in [1.29, 1.82) is 0 Å². The molecule has 0 unspecified atom stereocenters. The van der Waals surface area contributed by atoms with Crippen LogP contribution in [0.4, 0.5) is 4.79 Å². The smallest absolute Gasteiger partial charge is 0.272 e. The lowest BCUT2D eigenvalue weighted by Gasteiger charge is -2.04. The van der Waals surface area contributed by atoms with Gasteiger partial charge in [-0.25, -0.2) is 0 Å². The van der Waals surface area contributed by atoms with Crippen LogP contribution in [0.1, 0.15) is 33.8 Å². The van der Waals surface area contributed by atoms with Crippen molar-refractivity contribution in [2.75, 3.05) is 7.05 Å². The van der Waals surface area contributed by atoms with Gasteiger partial charge in [-0.1, -0.05) is 51.6 Å². The van der Waals surface area contributed by atoms with Gasteiger partial charge in [-0.3, -0.25) is 14.5 Å². The van der Waals surface area contributed by atoms with E-state index in [0.717, 1.165) is 27.8 Å². The van der Waals surface area contributed by atoms with E-state index >= 15 is 0 Å². The van der Waals surface area contributed by atoms with Crippen LogP contribution in [0, 0.1) is 0 Å². The molecule has 2 amide bonds. The SMILES string of the molecule is C.C/C(=C1\SC(=O)N(C)C1=O)c1ccccc1.CC. The van der Waals surface area contributed by atoms with E-state index in [-0.39, 0.29) is 18.6 Å². The maximum Gasteiger partial charge on any atom is 0.293 e. The van der Waals surface area contributed by atoms with E-state index in [2.05, 4.69) is 0 Å². The summed E-state index contributed by atoms with van der Waals surface area (Å²) in [7, 11) is 1.50. The van der Waals surface area contributed by atoms with Crippen molar-refractivity contribution in [2.45, 2.75) is 28.2 Å². The van der Waals surface area contributed by atoms with Crippen LogP contribution in [-0.2, 0) is 4.79 Å². The van der Waals surface area contributed by atoms with Crippen LogP contribution < -0.4 is 0 Å². The van der Waals surface area contributed by atoms with E-state index in [1.54, 1.807) is 0 Å². The highest BCUT2D eigenvalue weighted by Gasteiger charge is 2.33. The molecular weight excluding hydrogens is 258 g/mol. The quantitative estimate of drug-likeness (QED) is 0.715. The molecule has 3 nitrogen and oxygen atoms in total. The fourth-order valence-electron chi connectivity index (χ4n) is 1.49. The molecule has 1 saturated heterocycles. The molecule has 0 spiro atoms. The van der Waals surface area contributed by atoms with Crippen molar-refractivity contribution in [3.05, 3.63) is 40.8 Å². The Balaban J connectivity index is 0.00000103. The lowest BCUT2D eigenvalue weighted by atomic mass is 10.1. The standard InChI is InChI=1S/C12H11NO2S.C2H6.CH4/c1-8(9-6-4-3-5-7-9)10-11(14)13(2)12(15)16-10;1-2;/h3-7H,1-2H3;1-2H3;1H4/b10-8+;;. The summed E-state index contributed by atoms with van der Waals surface area (Å²) in [6, 6.07) is 9.60. The van der Waals surface area contributed by atoms with Gasteiger partial charge in [-0.2, -0.15) is 0 Å². The molecule has 0 N–H and O–H groups in total. The second kappa shape index (κ2) is 7.79. The molecule has 0 radical (unpaired) electrons. The number of carbonyl (C=O) groups is 2. The third kappa shape index (κ3) is 3.70. The molecule has 0 aliphatic carbocycles. The zero-order valence-corrected chi connectivity index (χ0v) is 11.9. The van der Waals surface area contributed by atoms with Gasteiger partial charge >= 0.3 is 0 Å². The van der Waals surface area contributed by atoms with Gasteiger partial charge in [0.2, 0.25) is 0 Å². The van der Waals surface area contributed by atoms with Crippen LogP contribution >= 0.6 is 11.8 Å². The zero-order valence-electron chi connectivity index (χ0n) is 11.1. The number of hydrogen-bond donors (Lipinski definition) is 0. The Morgan fingerprint density at radius 3 is 2.05 bits per heavy atom. The topological polar surface area (TPSA) is 37.4 Å². The molecule has 0 bridgehead atoms. The molecule has 1 aliphatic heterocycles. The second-order valence-electron chi connectivity index (χ2n) is 3.55. The summed E-state index contributed by atoms with van der Waals surface area (Å²) in [6.45, 7) is 5.86. The summed E-state index contributed by atoms with van der Waals surface area (Å²) in [4.78, 5) is 24.8. The molecule has 2 rings (SSSR count). The van der Waals surface area contributed by atoms with E-state index in [1.807, 2.05) is 51.1 Å². The Bertz CT molecular complexity index is 480. The monoisotopic (exact) mass is 279 g/mol. The van der Waals surface area contributed by atoms with Gasteiger partial charge < -0.3 is 0 Å². The first kappa shape index (κ1) is 17.4. The zero-order chi connectivity index (χ0) is 13.7. The highest BCUT2D eigenvalue weighted by atomic mass is 32.2. The first-order valence-electron chi connectivity index (χ1n) is 5.87. The van der Waals surface area contributed by atoms with Gasteiger partial charge in [0.15, 0.2) is 0 Å². The highest BCUT2D eigenvalue weighted by molar-refractivity contribution is 8.18. The number of amides is 2. The van der Waals surface area contributed by atoms with Crippen LogP contribution in [0.2, 0.25) is 0 Å². The van der Waals surface area contributed by atoms with Gasteiger partial charge in [0, 0.05) is 7.05 Å². The number of likely N-dealkylation sites (N-methyl/N-ethyl adjacent to an activating group) is 1. The molecule has 0 aromatic heterocycles. The maximum absolute atomic E-state index is 11.8. The average molecular weight is 279 g/mol. The molecule has 1 aliphatic rings. The number of benzene rings is 1.